The molecule has 1 fully saturated rings. The number of amides is 1. The van der Waals surface area contributed by atoms with Gasteiger partial charge in [-0.1, -0.05) is 0 Å². The van der Waals surface area contributed by atoms with E-state index in [9.17, 15) is 4.79 Å². The van der Waals surface area contributed by atoms with Crippen molar-refractivity contribution in [2.75, 3.05) is 6.54 Å². The predicted octanol–water partition coefficient (Wildman–Crippen LogP) is 2.66. The Morgan fingerprint density at radius 1 is 1.67 bits per heavy atom. The maximum atomic E-state index is 11.0. The number of hydrogen-bond acceptors (Lipinski definition) is 3. The first-order valence-electron chi connectivity index (χ1n) is 5.10. The Hall–Kier alpha value is -1.10. The molecule has 0 aliphatic carbocycles. The van der Waals surface area contributed by atoms with Crippen LogP contribution < -0.4 is 0 Å². The van der Waals surface area contributed by atoms with Crippen molar-refractivity contribution in [3.05, 3.63) is 16.1 Å². The molecule has 1 atom stereocenters. The second-order valence-corrected chi connectivity index (χ2v) is 4.70. The summed E-state index contributed by atoms with van der Waals surface area (Å²) in [4.78, 5) is 16.9. The first-order chi connectivity index (χ1) is 7.18. The Kier molecular flexibility index (Phi) is 2.90. The van der Waals surface area contributed by atoms with Crippen LogP contribution in [0, 0.1) is 6.92 Å². The van der Waals surface area contributed by atoms with E-state index < -0.39 is 6.09 Å². The Morgan fingerprint density at radius 3 is 3.07 bits per heavy atom. The third-order valence-corrected chi connectivity index (χ3v) is 3.73. The lowest BCUT2D eigenvalue weighted by molar-refractivity contribution is 0.106. The highest BCUT2D eigenvalue weighted by Crippen LogP contribution is 2.32. The topological polar surface area (TPSA) is 53.4 Å². The molecule has 0 radical (unpaired) electrons. The van der Waals surface area contributed by atoms with Crippen LogP contribution in [0.3, 0.4) is 0 Å². The van der Waals surface area contributed by atoms with Crippen LogP contribution in [0.4, 0.5) is 4.79 Å². The molecule has 1 aromatic heterocycles. The molecule has 0 bridgehead atoms. The van der Waals surface area contributed by atoms with Gasteiger partial charge in [0.1, 0.15) is 5.01 Å². The van der Waals surface area contributed by atoms with Gasteiger partial charge >= 0.3 is 6.09 Å². The molecular weight excluding hydrogens is 212 g/mol. The fourth-order valence-corrected chi connectivity index (χ4v) is 2.89. The summed E-state index contributed by atoms with van der Waals surface area (Å²) in [5, 5.41) is 12.0. The second kappa shape index (κ2) is 4.18. The van der Waals surface area contributed by atoms with Crippen LogP contribution in [-0.2, 0) is 0 Å². The number of nitrogens with zero attached hydrogens (tertiary/aromatic N) is 2. The summed E-state index contributed by atoms with van der Waals surface area (Å²) in [6, 6.07) is -0.0186. The van der Waals surface area contributed by atoms with Crippen molar-refractivity contribution < 1.29 is 9.90 Å². The number of piperidine rings is 1. The zero-order valence-corrected chi connectivity index (χ0v) is 9.46. The number of rotatable bonds is 1. The number of carboxylic acid groups (broad SMARTS) is 1. The Bertz CT molecular complexity index is 364. The van der Waals surface area contributed by atoms with Crippen LogP contribution >= 0.6 is 11.3 Å². The van der Waals surface area contributed by atoms with Crippen LogP contribution in [0.2, 0.25) is 0 Å². The van der Waals surface area contributed by atoms with Gasteiger partial charge in [-0.3, -0.25) is 4.90 Å². The molecule has 82 valence electrons. The normalized spacial score (nSPS) is 21.7. The minimum Gasteiger partial charge on any atom is -0.465 e. The summed E-state index contributed by atoms with van der Waals surface area (Å²) in [6.07, 6.45) is 2.13. The van der Waals surface area contributed by atoms with E-state index in [4.69, 9.17) is 5.11 Å². The quantitative estimate of drug-likeness (QED) is 0.801. The molecule has 1 aromatic rings. The minimum absolute atomic E-state index is 0.0186. The van der Waals surface area contributed by atoms with Gasteiger partial charge in [-0.15, -0.1) is 11.3 Å². The SMILES string of the molecule is Cc1csc([C@H]2CCCCN2C(=O)O)n1. The molecule has 0 saturated carbocycles. The maximum absolute atomic E-state index is 11.0. The average molecular weight is 226 g/mol. The Labute approximate surface area is 92.6 Å². The molecule has 5 heteroatoms. The minimum atomic E-state index is -0.826. The number of aromatic nitrogens is 1. The van der Waals surface area contributed by atoms with Crippen molar-refractivity contribution >= 4 is 17.4 Å². The van der Waals surface area contributed by atoms with Gasteiger partial charge in [0.15, 0.2) is 0 Å². The predicted molar refractivity (Wildman–Crippen MR) is 58.2 cm³/mol. The maximum Gasteiger partial charge on any atom is 0.407 e. The van der Waals surface area contributed by atoms with Crippen LogP contribution in [0.25, 0.3) is 0 Å². The molecule has 1 saturated heterocycles. The summed E-state index contributed by atoms with van der Waals surface area (Å²) in [6.45, 7) is 2.58. The lowest BCUT2D eigenvalue weighted by Crippen LogP contribution is -2.37. The molecule has 2 heterocycles. The monoisotopic (exact) mass is 226 g/mol. The third kappa shape index (κ3) is 2.12. The number of likely N-dealkylation sites (tertiary alicyclic amines) is 1. The zero-order chi connectivity index (χ0) is 10.8. The molecule has 0 unspecified atom stereocenters. The Balaban J connectivity index is 2.21. The van der Waals surface area contributed by atoms with Gasteiger partial charge in [-0.2, -0.15) is 0 Å². The van der Waals surface area contributed by atoms with E-state index in [1.54, 1.807) is 11.3 Å². The smallest absolute Gasteiger partial charge is 0.407 e. The zero-order valence-electron chi connectivity index (χ0n) is 8.64. The van der Waals surface area contributed by atoms with Gasteiger partial charge in [-0.05, 0) is 26.2 Å². The number of aryl methyl sites for hydroxylation is 1. The molecule has 4 nitrogen and oxygen atoms in total. The van der Waals surface area contributed by atoms with Crippen molar-refractivity contribution in [3.8, 4) is 0 Å². The highest BCUT2D eigenvalue weighted by Gasteiger charge is 2.29. The third-order valence-electron chi connectivity index (χ3n) is 2.67. The van der Waals surface area contributed by atoms with Gasteiger partial charge in [0.05, 0.1) is 6.04 Å². The summed E-state index contributed by atoms with van der Waals surface area (Å²) < 4.78 is 0. The van der Waals surface area contributed by atoms with Gasteiger partial charge in [0, 0.05) is 17.6 Å². The highest BCUT2D eigenvalue weighted by atomic mass is 32.1. The van der Waals surface area contributed by atoms with Crippen molar-refractivity contribution in [2.45, 2.75) is 32.2 Å². The van der Waals surface area contributed by atoms with Crippen LogP contribution in [0.15, 0.2) is 5.38 Å². The van der Waals surface area contributed by atoms with E-state index >= 15 is 0 Å². The summed E-state index contributed by atoms with van der Waals surface area (Å²) in [7, 11) is 0. The largest absolute Gasteiger partial charge is 0.465 e. The highest BCUT2D eigenvalue weighted by molar-refractivity contribution is 7.09. The van der Waals surface area contributed by atoms with Crippen LogP contribution in [-0.4, -0.2) is 27.6 Å². The van der Waals surface area contributed by atoms with E-state index in [1.165, 1.54) is 4.90 Å². The number of thiazole rings is 1. The fourth-order valence-electron chi connectivity index (χ4n) is 1.94. The molecule has 1 amide bonds. The van der Waals surface area contributed by atoms with E-state index in [0.29, 0.717) is 6.54 Å². The Morgan fingerprint density at radius 2 is 2.47 bits per heavy atom. The molecule has 1 aliphatic heterocycles. The molecule has 2 rings (SSSR count). The van der Waals surface area contributed by atoms with Crippen LogP contribution in [0.5, 0.6) is 0 Å². The van der Waals surface area contributed by atoms with Crippen molar-refractivity contribution in [1.82, 2.24) is 9.88 Å². The van der Waals surface area contributed by atoms with E-state index in [0.717, 1.165) is 30.0 Å². The molecule has 15 heavy (non-hydrogen) atoms. The van der Waals surface area contributed by atoms with Gasteiger partial charge in [0.25, 0.3) is 0 Å². The second-order valence-electron chi connectivity index (χ2n) is 3.81. The standard InChI is InChI=1S/C10H14N2O2S/c1-7-6-15-9(11-7)8-4-2-3-5-12(8)10(13)14/h6,8H,2-5H2,1H3,(H,13,14)/t8-/m1/s1. The van der Waals surface area contributed by atoms with Crippen molar-refractivity contribution in [1.29, 1.82) is 0 Å². The van der Waals surface area contributed by atoms with E-state index in [-0.39, 0.29) is 6.04 Å². The molecule has 1 aliphatic rings. The number of hydrogen-bond donors (Lipinski definition) is 1. The fraction of sp³-hybridized carbons (Fsp3) is 0.600. The van der Waals surface area contributed by atoms with Gasteiger partial charge in [-0.25, -0.2) is 9.78 Å². The molecular formula is C10H14N2O2S. The number of carbonyl (C=O) groups is 1. The molecule has 1 N–H and O–H groups in total. The first-order valence-corrected chi connectivity index (χ1v) is 5.98. The molecule has 0 aromatic carbocycles. The van der Waals surface area contributed by atoms with Gasteiger partial charge in [0.2, 0.25) is 0 Å². The van der Waals surface area contributed by atoms with Crippen molar-refractivity contribution in [3.63, 3.8) is 0 Å². The first kappa shape index (κ1) is 10.4. The van der Waals surface area contributed by atoms with E-state index in [2.05, 4.69) is 4.98 Å². The molecule has 0 spiro atoms. The van der Waals surface area contributed by atoms with E-state index in [1.807, 2.05) is 12.3 Å². The summed E-state index contributed by atoms with van der Waals surface area (Å²) >= 11 is 1.56. The lowest BCUT2D eigenvalue weighted by atomic mass is 10.0. The summed E-state index contributed by atoms with van der Waals surface area (Å²) in [5.41, 5.74) is 0.978. The van der Waals surface area contributed by atoms with Crippen LogP contribution in [0.1, 0.15) is 36.0 Å². The van der Waals surface area contributed by atoms with Crippen molar-refractivity contribution in [2.24, 2.45) is 0 Å². The summed E-state index contributed by atoms with van der Waals surface area (Å²) in [5.74, 6) is 0. The van der Waals surface area contributed by atoms with Gasteiger partial charge < -0.3 is 5.11 Å². The average Bonchev–Trinajstić information content (AvgIpc) is 2.65. The lowest BCUT2D eigenvalue weighted by Gasteiger charge is -2.31.